The zero-order valence-corrected chi connectivity index (χ0v) is 12.6. The highest BCUT2D eigenvalue weighted by Gasteiger charge is 2.49. The molecule has 0 aromatic carbocycles. The second-order valence-electron chi connectivity index (χ2n) is 6.99. The van der Waals surface area contributed by atoms with E-state index in [1.165, 1.54) is 43.6 Å². The van der Waals surface area contributed by atoms with Crippen LogP contribution in [-0.4, -0.2) is 79.8 Å². The van der Waals surface area contributed by atoms with E-state index in [-0.39, 0.29) is 5.91 Å². The zero-order valence-electron chi connectivity index (χ0n) is 12.6. The minimum absolute atomic E-state index is 0.131. The molecule has 0 spiro atoms. The van der Waals surface area contributed by atoms with E-state index in [4.69, 9.17) is 5.73 Å². The van der Waals surface area contributed by atoms with Gasteiger partial charge in [0.2, 0.25) is 0 Å². The van der Waals surface area contributed by atoms with E-state index in [1.807, 2.05) is 0 Å². The molecular weight excluding hydrogens is 240 g/mol. The van der Waals surface area contributed by atoms with E-state index >= 15 is 0 Å². The predicted octanol–water partition coefficient (Wildman–Crippen LogP) is -1.51. The first-order valence-electron chi connectivity index (χ1n) is 7.77. The zero-order chi connectivity index (χ0) is 13.9. The third kappa shape index (κ3) is 3.68. The van der Waals surface area contributed by atoms with Crippen molar-refractivity contribution in [1.82, 2.24) is 0 Å². The monoisotopic (exact) mass is 271 g/mol. The Morgan fingerprint density at radius 2 is 1.63 bits per heavy atom. The molecule has 3 rings (SSSR count). The molecule has 3 saturated heterocycles. The van der Waals surface area contributed by atoms with Crippen LogP contribution in [0.25, 0.3) is 0 Å². The lowest BCUT2D eigenvalue weighted by atomic mass is 10.1. The largest absolute Gasteiger partial charge is 0.365 e. The first kappa shape index (κ1) is 14.8. The number of carbonyl (C=O) groups excluding carboxylic acids is 1. The molecule has 1 amide bonds. The van der Waals surface area contributed by atoms with Crippen molar-refractivity contribution in [2.75, 3.05) is 58.9 Å². The van der Waals surface area contributed by atoms with Gasteiger partial charge in [-0.3, -0.25) is 4.79 Å². The van der Waals surface area contributed by atoms with Crippen molar-refractivity contribution in [3.05, 3.63) is 0 Å². The fourth-order valence-corrected chi connectivity index (χ4v) is 3.72. The van der Waals surface area contributed by atoms with Crippen molar-refractivity contribution in [3.63, 3.8) is 0 Å². The summed E-state index contributed by atoms with van der Waals surface area (Å²) in [6, 6.07) is 0.711. The Labute approximate surface area is 116 Å². The summed E-state index contributed by atoms with van der Waals surface area (Å²) in [5.74, 6) is -0.131. The smallest absolute Gasteiger partial charge is 0.272 e. The normalized spacial score (nSPS) is 33.8. The van der Waals surface area contributed by atoms with Gasteiger partial charge in [0.25, 0.3) is 5.91 Å². The first-order chi connectivity index (χ1) is 8.95. The van der Waals surface area contributed by atoms with E-state index in [0.717, 1.165) is 24.1 Å². The molecule has 0 aromatic heterocycles. The molecule has 5 nitrogen and oxygen atoms in total. The maximum absolute atomic E-state index is 11.2. The fraction of sp³-hybridized carbons (Fsp3) is 0.929. The van der Waals surface area contributed by atoms with Crippen molar-refractivity contribution >= 4 is 5.91 Å². The number of nitrogens with zero attached hydrogens (tertiary/aromatic N) is 2. The maximum Gasteiger partial charge on any atom is 0.272 e. The lowest BCUT2D eigenvalue weighted by molar-refractivity contribution is -1.08. The van der Waals surface area contributed by atoms with E-state index in [9.17, 15) is 4.79 Å². The fourth-order valence-electron chi connectivity index (χ4n) is 3.72. The van der Waals surface area contributed by atoms with Crippen LogP contribution >= 0.6 is 0 Å². The molecule has 110 valence electrons. The van der Waals surface area contributed by atoms with Gasteiger partial charge in [-0.25, -0.2) is 0 Å². The third-order valence-corrected chi connectivity index (χ3v) is 5.11. The summed E-state index contributed by atoms with van der Waals surface area (Å²) in [7, 11) is 0. The van der Waals surface area contributed by atoms with Crippen LogP contribution in [0.4, 0.5) is 0 Å². The molecule has 19 heavy (non-hydrogen) atoms. The average molecular weight is 271 g/mol. The highest BCUT2D eigenvalue weighted by Crippen LogP contribution is 2.26. The first-order valence-corrected chi connectivity index (χ1v) is 7.77. The Morgan fingerprint density at radius 1 is 1.11 bits per heavy atom. The summed E-state index contributed by atoms with van der Waals surface area (Å²) in [6.07, 6.45) is 1.31. The number of fused-ring (bicyclic) bond motifs is 3. The van der Waals surface area contributed by atoms with Crippen LogP contribution < -0.4 is 11.1 Å². The van der Waals surface area contributed by atoms with Crippen molar-refractivity contribution < 1.29 is 19.1 Å². The second-order valence-corrected chi connectivity index (χ2v) is 6.99. The third-order valence-electron chi connectivity index (χ3n) is 5.11. The molecule has 0 atom stereocenters. The lowest BCUT2D eigenvalue weighted by Gasteiger charge is -2.55. The van der Waals surface area contributed by atoms with Crippen LogP contribution in [0.15, 0.2) is 0 Å². The highest BCUT2D eigenvalue weighted by molar-refractivity contribution is 5.74. The standard InChI is InChI=1S/C14H29N4O/c1-13(2)16-4-3-5-17-6-9-18(10-7-17,11-8-17)12-14(15)19/h13,16H,3-12H2,1-2H3,(H-,15,19)/q+1/p+2. The predicted molar refractivity (Wildman–Crippen MR) is 75.2 cm³/mol. The number of piperazine rings is 3. The number of hydrogen-bond donors (Lipinski definition) is 2. The molecule has 0 aromatic rings. The molecule has 0 unspecified atom stereocenters. The van der Waals surface area contributed by atoms with Crippen molar-refractivity contribution in [1.29, 1.82) is 0 Å². The summed E-state index contributed by atoms with van der Waals surface area (Å²) < 4.78 is 2.26. The topological polar surface area (TPSA) is 59.7 Å². The number of quaternary nitrogens is 3. The Bertz CT molecular complexity index is 305. The number of rotatable bonds is 7. The van der Waals surface area contributed by atoms with Crippen LogP contribution in [0, 0.1) is 0 Å². The van der Waals surface area contributed by atoms with Crippen LogP contribution in [0.1, 0.15) is 20.3 Å². The minimum Gasteiger partial charge on any atom is -0.365 e. The summed E-state index contributed by atoms with van der Waals surface area (Å²) in [4.78, 5) is 11.2. The van der Waals surface area contributed by atoms with Crippen molar-refractivity contribution in [2.45, 2.75) is 26.3 Å². The van der Waals surface area contributed by atoms with E-state index in [2.05, 4.69) is 19.2 Å². The molecule has 0 aliphatic carbocycles. The van der Waals surface area contributed by atoms with E-state index in [1.54, 1.807) is 0 Å². The van der Waals surface area contributed by atoms with Crippen LogP contribution in [0.2, 0.25) is 0 Å². The molecule has 3 aliphatic heterocycles. The van der Waals surface area contributed by atoms with Crippen LogP contribution in [-0.2, 0) is 4.79 Å². The molecule has 0 saturated carbocycles. The molecule has 3 aliphatic rings. The molecule has 4 N–H and O–H groups in total. The summed E-state index contributed by atoms with van der Waals surface area (Å²) in [5, 5.41) is 2.43. The number of primary amides is 1. The molecule has 0 radical (unpaired) electrons. The quantitative estimate of drug-likeness (QED) is 0.429. The van der Waals surface area contributed by atoms with Gasteiger partial charge in [-0.1, -0.05) is 0 Å². The van der Waals surface area contributed by atoms with Gasteiger partial charge in [-0.15, -0.1) is 0 Å². The van der Waals surface area contributed by atoms with Gasteiger partial charge in [0.1, 0.15) is 39.3 Å². The van der Waals surface area contributed by atoms with Gasteiger partial charge in [0.15, 0.2) is 6.54 Å². The number of amides is 1. The Kier molecular flexibility index (Phi) is 4.48. The van der Waals surface area contributed by atoms with E-state index in [0.29, 0.717) is 12.6 Å². The summed E-state index contributed by atoms with van der Waals surface area (Å²) in [6.45, 7) is 14.8. The Morgan fingerprint density at radius 3 is 2.11 bits per heavy atom. The Hall–Kier alpha value is -0.650. The average Bonchev–Trinajstić information content (AvgIpc) is 2.36. The van der Waals surface area contributed by atoms with Crippen molar-refractivity contribution in [2.24, 2.45) is 5.73 Å². The minimum atomic E-state index is -0.131. The van der Waals surface area contributed by atoms with Gasteiger partial charge < -0.3 is 20.0 Å². The molecule has 5 heteroatoms. The summed E-state index contributed by atoms with van der Waals surface area (Å²) >= 11 is 0. The van der Waals surface area contributed by atoms with Crippen LogP contribution in [0.3, 0.4) is 0 Å². The number of nitrogens with two attached hydrogens (primary N) is 2. The van der Waals surface area contributed by atoms with Gasteiger partial charge >= 0.3 is 0 Å². The second kappa shape index (κ2) is 5.77. The van der Waals surface area contributed by atoms with Crippen LogP contribution in [0.5, 0.6) is 0 Å². The van der Waals surface area contributed by atoms with Gasteiger partial charge in [-0.2, -0.15) is 0 Å². The lowest BCUT2D eigenvalue weighted by Crippen LogP contribution is -2.89. The molecule has 3 heterocycles. The molecular formula is C14H31N4O+3. The van der Waals surface area contributed by atoms with Gasteiger partial charge in [0, 0.05) is 6.42 Å². The van der Waals surface area contributed by atoms with Gasteiger partial charge in [-0.05, 0) is 13.8 Å². The molecule has 2 bridgehead atoms. The SMILES string of the molecule is CC(C)[NH2+]CCC[N+]12CC[N+](CC(N)=O)(CC1)CC2. The number of hydrogen-bond acceptors (Lipinski definition) is 1. The summed E-state index contributed by atoms with van der Waals surface area (Å²) in [5.41, 5.74) is 5.40. The Balaban J connectivity index is 1.78. The molecule has 3 fully saturated rings. The van der Waals surface area contributed by atoms with Crippen molar-refractivity contribution in [3.8, 4) is 0 Å². The highest BCUT2D eigenvalue weighted by atomic mass is 16.1. The van der Waals surface area contributed by atoms with E-state index < -0.39 is 0 Å². The number of carbonyl (C=O) groups is 1. The maximum atomic E-state index is 11.2. The van der Waals surface area contributed by atoms with Gasteiger partial charge in [0.05, 0.1) is 19.1 Å².